The maximum Gasteiger partial charge on any atom is 0.137 e. The molecular weight excluding hydrogens is 853 g/mol. The molecule has 0 atom stereocenters. The van der Waals surface area contributed by atoms with Gasteiger partial charge in [0.05, 0.1) is 23.4 Å². The number of anilines is 2. The number of para-hydroxylation sites is 1. The van der Waals surface area contributed by atoms with E-state index in [-0.39, 0.29) is 16.2 Å². The molecule has 0 aliphatic carbocycles. The molecule has 0 fully saturated rings. The highest BCUT2D eigenvalue weighted by atomic mass is 16.5. The Balaban J connectivity index is 1.17. The maximum absolute atomic E-state index is 7.35. The number of fused-ring (bicyclic) bond motifs is 3. The van der Waals surface area contributed by atoms with Crippen molar-refractivity contribution in [3.8, 4) is 28.4 Å². The normalized spacial score (nSPS) is 13.6. The van der Waals surface area contributed by atoms with E-state index in [0.717, 1.165) is 56.4 Å². The van der Waals surface area contributed by atoms with Gasteiger partial charge in [0.2, 0.25) is 0 Å². The van der Waals surface area contributed by atoms with E-state index in [4.69, 9.17) is 9.72 Å². The van der Waals surface area contributed by atoms with Crippen molar-refractivity contribution >= 4 is 38.9 Å². The largest absolute Gasteiger partial charge is 0.457 e. The molecule has 0 radical (unpaired) electrons. The fourth-order valence-electron chi connectivity index (χ4n) is 9.96. The van der Waals surface area contributed by atoms with Gasteiger partial charge in [-0.2, -0.15) is 0 Å². The van der Waals surface area contributed by atoms with Crippen LogP contribution in [0.1, 0.15) is 110 Å². The van der Waals surface area contributed by atoms with Crippen LogP contribution in [-0.2, 0) is 21.7 Å². The lowest BCUT2D eigenvalue weighted by molar-refractivity contribution is 0.481. The molecule has 5 nitrogen and oxygen atoms in total. The Morgan fingerprint density at radius 3 is 1.69 bits per heavy atom. The molecule has 352 valence electrons. The fourth-order valence-corrected chi connectivity index (χ4v) is 9.96. The summed E-state index contributed by atoms with van der Waals surface area (Å²) in [5, 5.41) is 2.37. The number of ether oxygens (including phenoxy) is 1. The van der Waals surface area contributed by atoms with Gasteiger partial charge >= 0.3 is 0 Å². The molecule has 1 aliphatic heterocycles. The van der Waals surface area contributed by atoms with Crippen molar-refractivity contribution < 1.29 is 4.74 Å². The minimum absolute atomic E-state index is 0.0157. The molecule has 0 saturated heterocycles. The van der Waals surface area contributed by atoms with Gasteiger partial charge in [0.15, 0.2) is 0 Å². The minimum Gasteiger partial charge on any atom is -0.457 e. The van der Waals surface area contributed by atoms with Crippen molar-refractivity contribution in [2.45, 2.75) is 97.8 Å². The highest BCUT2D eigenvalue weighted by molar-refractivity contribution is 6.12. The van der Waals surface area contributed by atoms with E-state index in [2.05, 4.69) is 273 Å². The molecule has 2 aromatic heterocycles. The van der Waals surface area contributed by atoms with Crippen LogP contribution in [0.2, 0.25) is 0 Å². The number of benzene rings is 7. The number of rotatable bonds is 9. The molecule has 1 aliphatic rings. The van der Waals surface area contributed by atoms with Gasteiger partial charge in [-0.1, -0.05) is 191 Å². The van der Waals surface area contributed by atoms with E-state index < -0.39 is 5.41 Å². The van der Waals surface area contributed by atoms with Gasteiger partial charge in [-0.3, -0.25) is 4.57 Å². The number of nitrogens with zero attached hydrogens (tertiary/aromatic N) is 4. The molecule has 0 bridgehead atoms. The Labute approximate surface area is 415 Å². The summed E-state index contributed by atoms with van der Waals surface area (Å²) in [6, 6.07) is 63.8. The molecule has 0 spiro atoms. The zero-order valence-electron chi connectivity index (χ0n) is 42.8. The Morgan fingerprint density at radius 1 is 0.457 bits per heavy atom. The fraction of sp³-hybridized carbons (Fsp3) is 0.246. The number of hydrogen-bond donors (Lipinski definition) is 0. The lowest BCUT2D eigenvalue weighted by Crippen LogP contribution is -2.27. The van der Waals surface area contributed by atoms with Crippen molar-refractivity contribution in [2.75, 3.05) is 16.5 Å². The minimum atomic E-state index is -0.392. The third kappa shape index (κ3) is 8.90. The second-order valence-electron chi connectivity index (χ2n) is 22.7. The third-order valence-corrected chi connectivity index (χ3v) is 14.2. The van der Waals surface area contributed by atoms with E-state index in [0.29, 0.717) is 6.67 Å². The van der Waals surface area contributed by atoms with Gasteiger partial charge in [0.1, 0.15) is 17.3 Å². The van der Waals surface area contributed by atoms with Crippen molar-refractivity contribution in [1.82, 2.24) is 9.55 Å². The number of hydrogen-bond acceptors (Lipinski definition) is 4. The molecule has 9 aromatic rings. The van der Waals surface area contributed by atoms with E-state index >= 15 is 0 Å². The van der Waals surface area contributed by atoms with Gasteiger partial charge in [-0.15, -0.1) is 0 Å². The predicted molar refractivity (Wildman–Crippen MR) is 296 cm³/mol. The first-order chi connectivity index (χ1) is 33.3. The van der Waals surface area contributed by atoms with Crippen LogP contribution in [0.5, 0.6) is 11.5 Å². The molecule has 5 heteroatoms. The van der Waals surface area contributed by atoms with E-state index in [9.17, 15) is 0 Å². The summed E-state index contributed by atoms with van der Waals surface area (Å²) in [4.78, 5) is 9.91. The van der Waals surface area contributed by atoms with Crippen LogP contribution in [0.15, 0.2) is 188 Å². The highest BCUT2D eigenvalue weighted by Gasteiger charge is 2.31. The first kappa shape index (κ1) is 46.4. The molecular formula is C65H66N4O. The summed E-state index contributed by atoms with van der Waals surface area (Å²) < 4.78 is 9.68. The molecule has 3 heterocycles. The summed E-state index contributed by atoms with van der Waals surface area (Å²) in [5.74, 6) is 2.40. The quantitative estimate of drug-likeness (QED) is 0.144. The van der Waals surface area contributed by atoms with E-state index in [1.165, 1.54) is 44.3 Å². The van der Waals surface area contributed by atoms with Crippen LogP contribution in [0.25, 0.3) is 44.4 Å². The molecule has 0 saturated carbocycles. The first-order valence-electron chi connectivity index (χ1n) is 24.8. The van der Waals surface area contributed by atoms with Gasteiger partial charge in [-0.05, 0) is 109 Å². The molecule has 10 rings (SSSR count). The number of pyridine rings is 1. The van der Waals surface area contributed by atoms with Gasteiger partial charge in [-0.25, -0.2) is 4.98 Å². The van der Waals surface area contributed by atoms with Crippen LogP contribution < -0.4 is 14.5 Å². The zero-order valence-corrected chi connectivity index (χ0v) is 42.8. The van der Waals surface area contributed by atoms with Crippen LogP contribution >= 0.6 is 0 Å². The topological polar surface area (TPSA) is 33.5 Å². The lowest BCUT2D eigenvalue weighted by atomic mass is 9.76. The van der Waals surface area contributed by atoms with Gasteiger partial charge in [0, 0.05) is 52.1 Å². The van der Waals surface area contributed by atoms with Gasteiger partial charge < -0.3 is 14.5 Å². The average Bonchev–Trinajstić information content (AvgIpc) is 3.94. The van der Waals surface area contributed by atoms with Gasteiger partial charge in [0.25, 0.3) is 0 Å². The zero-order chi connectivity index (χ0) is 49.2. The Hall–Kier alpha value is -7.37. The highest BCUT2D eigenvalue weighted by Crippen LogP contribution is 2.46. The summed E-state index contributed by atoms with van der Waals surface area (Å²) in [5.41, 5.74) is 14.7. The summed E-state index contributed by atoms with van der Waals surface area (Å²) in [6.07, 6.45) is 4.28. The van der Waals surface area contributed by atoms with Crippen molar-refractivity contribution in [3.63, 3.8) is 0 Å². The molecule has 70 heavy (non-hydrogen) atoms. The molecule has 0 amide bonds. The Bertz CT molecular complexity index is 3370. The second-order valence-corrected chi connectivity index (χ2v) is 22.7. The average molecular weight is 919 g/mol. The van der Waals surface area contributed by atoms with Crippen molar-refractivity contribution in [3.05, 3.63) is 222 Å². The second kappa shape index (κ2) is 17.5. The SMILES string of the molecule is CC(C)(C)c1cc(N2C=C(c3ccccc3)N(c3cc(Oc4cc(C(C)(C)c5ccccc5)c5c6ccccc6n(-c6cc(C(C)(C)C)ccn6)c5c4)cc(-c4ccccc4)c3)C2)cc(C(C)(C)C)c1. The monoisotopic (exact) mass is 919 g/mol. The van der Waals surface area contributed by atoms with Crippen molar-refractivity contribution in [1.29, 1.82) is 0 Å². The van der Waals surface area contributed by atoms with E-state index in [1.54, 1.807) is 0 Å². The lowest BCUT2D eigenvalue weighted by Gasteiger charge is -2.29. The Kier molecular flexibility index (Phi) is 11.6. The van der Waals surface area contributed by atoms with Crippen LogP contribution in [0.3, 0.4) is 0 Å². The van der Waals surface area contributed by atoms with Crippen LogP contribution in [0, 0.1) is 0 Å². The standard InChI is InChI=1S/C65H66N4O/c1-62(2,3)48-31-32-66-60(38-48)69-57-30-22-21-29-55(57)61-56(65(10,11)47-27-19-14-20-28-47)40-54(41-58(61)69)70-53-34-46(44-23-15-12-16-24-44)33-52(39-53)68-43-67(42-59(68)45-25-17-13-18-26-45)51-36-49(63(4,5)6)35-50(37-51)64(7,8)9/h12-42H,43H2,1-11H3. The third-order valence-electron chi connectivity index (χ3n) is 14.2. The summed E-state index contributed by atoms with van der Waals surface area (Å²) in [6.45, 7) is 25.9. The molecule has 0 unspecified atom stereocenters. The summed E-state index contributed by atoms with van der Waals surface area (Å²) >= 11 is 0. The van der Waals surface area contributed by atoms with Crippen molar-refractivity contribution in [2.24, 2.45) is 0 Å². The molecule has 7 aromatic carbocycles. The molecule has 0 N–H and O–H groups in total. The summed E-state index contributed by atoms with van der Waals surface area (Å²) in [7, 11) is 0. The van der Waals surface area contributed by atoms with E-state index in [1.807, 2.05) is 6.20 Å². The maximum atomic E-state index is 7.35. The van der Waals surface area contributed by atoms with Crippen LogP contribution in [0.4, 0.5) is 11.4 Å². The predicted octanol–water partition coefficient (Wildman–Crippen LogP) is 17.1. The Morgan fingerprint density at radius 2 is 1.04 bits per heavy atom. The van der Waals surface area contributed by atoms with Crippen LogP contribution in [-0.4, -0.2) is 16.2 Å². The number of aromatic nitrogens is 2. The first-order valence-corrected chi connectivity index (χ1v) is 24.8. The smallest absolute Gasteiger partial charge is 0.137 e.